The van der Waals surface area contributed by atoms with Crippen LogP contribution in [0.5, 0.6) is 0 Å². The quantitative estimate of drug-likeness (QED) is 0.408. The van der Waals surface area contributed by atoms with E-state index in [1.54, 1.807) is 61.6 Å². The van der Waals surface area contributed by atoms with Crippen LogP contribution in [0.25, 0.3) is 0 Å². The third-order valence-corrected chi connectivity index (χ3v) is 5.62. The summed E-state index contributed by atoms with van der Waals surface area (Å²) < 4.78 is 6.82. The molecule has 1 heterocycles. The van der Waals surface area contributed by atoms with Crippen LogP contribution in [0.2, 0.25) is 5.02 Å². The van der Waals surface area contributed by atoms with Crippen molar-refractivity contribution in [3.05, 3.63) is 57.4 Å². The minimum atomic E-state index is -0.460. The van der Waals surface area contributed by atoms with Crippen LogP contribution in [0.3, 0.4) is 0 Å². The number of ether oxygens (including phenoxy) is 1. The minimum absolute atomic E-state index is 0.0673. The van der Waals surface area contributed by atoms with Crippen LogP contribution in [-0.2, 0) is 11.8 Å². The first-order valence-corrected chi connectivity index (χ1v) is 10.9. The van der Waals surface area contributed by atoms with E-state index in [0.29, 0.717) is 45.6 Å². The molecule has 0 aliphatic rings. The maximum atomic E-state index is 13.3. The lowest BCUT2D eigenvalue weighted by Gasteiger charge is -2.23. The van der Waals surface area contributed by atoms with Gasteiger partial charge in [0.1, 0.15) is 5.69 Å². The van der Waals surface area contributed by atoms with Crippen LogP contribution in [0.4, 0.5) is 0 Å². The molecule has 1 aromatic heterocycles. The first-order chi connectivity index (χ1) is 14.6. The maximum absolute atomic E-state index is 13.3. The fourth-order valence-electron chi connectivity index (χ4n) is 3.57. The van der Waals surface area contributed by atoms with Gasteiger partial charge in [0.05, 0.1) is 13.2 Å². The highest BCUT2D eigenvalue weighted by Gasteiger charge is 2.28. The average molecular weight is 447 g/mol. The highest BCUT2D eigenvalue weighted by Crippen LogP contribution is 2.23. The molecule has 0 bridgehead atoms. The molecule has 0 aliphatic heterocycles. The summed E-state index contributed by atoms with van der Waals surface area (Å²) in [4.78, 5) is 40.4. The summed E-state index contributed by atoms with van der Waals surface area (Å²) in [5.41, 5.74) is 2.55. The second kappa shape index (κ2) is 10.6. The van der Waals surface area contributed by atoms with E-state index in [2.05, 4.69) is 13.8 Å². The van der Waals surface area contributed by atoms with Crippen molar-refractivity contribution >= 4 is 29.3 Å². The molecule has 1 amide bonds. The zero-order valence-electron chi connectivity index (χ0n) is 19.1. The van der Waals surface area contributed by atoms with Gasteiger partial charge >= 0.3 is 5.97 Å². The molecule has 0 saturated heterocycles. The van der Waals surface area contributed by atoms with Crippen molar-refractivity contribution in [3.8, 4) is 0 Å². The molecule has 6 nitrogen and oxygen atoms in total. The zero-order valence-corrected chi connectivity index (χ0v) is 19.9. The Kier molecular flexibility index (Phi) is 8.45. The molecule has 2 aromatic rings. The SMILES string of the molecule is CCOC(=O)c1c(C)c(C(=O)CN(CCC(C)C)C(=O)c2ccc(Cl)cc2)c(C)n1C. The molecule has 0 saturated carbocycles. The van der Waals surface area contributed by atoms with Crippen LogP contribution in [0.1, 0.15) is 69.7 Å². The van der Waals surface area contributed by atoms with Gasteiger partial charge in [0, 0.05) is 35.4 Å². The normalized spacial score (nSPS) is 11.0. The van der Waals surface area contributed by atoms with Gasteiger partial charge in [0.2, 0.25) is 0 Å². The fraction of sp³-hybridized carbons (Fsp3) is 0.458. The topological polar surface area (TPSA) is 68.6 Å². The van der Waals surface area contributed by atoms with Gasteiger partial charge < -0.3 is 14.2 Å². The number of hydrogen-bond acceptors (Lipinski definition) is 4. The van der Waals surface area contributed by atoms with Gasteiger partial charge in [-0.05, 0) is 62.9 Å². The first-order valence-electron chi connectivity index (χ1n) is 10.5. The van der Waals surface area contributed by atoms with E-state index in [9.17, 15) is 14.4 Å². The highest BCUT2D eigenvalue weighted by atomic mass is 35.5. The van der Waals surface area contributed by atoms with E-state index >= 15 is 0 Å². The van der Waals surface area contributed by atoms with E-state index in [1.165, 1.54) is 0 Å². The molecule has 31 heavy (non-hydrogen) atoms. The number of ketones is 1. The van der Waals surface area contributed by atoms with E-state index < -0.39 is 5.97 Å². The molecular formula is C24H31ClN2O4. The largest absolute Gasteiger partial charge is 0.461 e. The summed E-state index contributed by atoms with van der Waals surface area (Å²) >= 11 is 5.94. The monoisotopic (exact) mass is 446 g/mol. The van der Waals surface area contributed by atoms with Crippen molar-refractivity contribution in [2.45, 2.75) is 41.0 Å². The van der Waals surface area contributed by atoms with Crippen LogP contribution < -0.4 is 0 Å². The number of aromatic nitrogens is 1. The number of carbonyl (C=O) groups is 3. The van der Waals surface area contributed by atoms with E-state index in [1.807, 2.05) is 0 Å². The molecule has 0 fully saturated rings. The number of hydrogen-bond donors (Lipinski definition) is 0. The summed E-state index contributed by atoms with van der Waals surface area (Å²) in [5.74, 6) is -0.500. The third kappa shape index (κ3) is 5.76. The maximum Gasteiger partial charge on any atom is 0.355 e. The van der Waals surface area contributed by atoms with E-state index in [-0.39, 0.29) is 24.8 Å². The Labute approximate surface area is 189 Å². The average Bonchev–Trinajstić information content (AvgIpc) is 2.93. The molecule has 7 heteroatoms. The highest BCUT2D eigenvalue weighted by molar-refractivity contribution is 6.30. The summed E-state index contributed by atoms with van der Waals surface area (Å²) in [7, 11) is 1.74. The number of carbonyl (C=O) groups excluding carboxylic acids is 3. The first kappa shape index (κ1) is 24.7. The predicted octanol–water partition coefficient (Wildman–Crippen LogP) is 4.84. The van der Waals surface area contributed by atoms with Gasteiger partial charge in [0.25, 0.3) is 5.91 Å². The Morgan fingerprint density at radius 3 is 2.29 bits per heavy atom. The number of esters is 1. The molecule has 0 radical (unpaired) electrons. The van der Waals surface area contributed by atoms with Gasteiger partial charge in [0.15, 0.2) is 5.78 Å². The predicted molar refractivity (Wildman–Crippen MR) is 122 cm³/mol. The van der Waals surface area contributed by atoms with Gasteiger partial charge in [-0.3, -0.25) is 9.59 Å². The smallest absolute Gasteiger partial charge is 0.355 e. The Bertz CT molecular complexity index is 961. The summed E-state index contributed by atoms with van der Waals surface area (Å²) in [6, 6.07) is 6.65. The molecule has 0 aliphatic carbocycles. The number of benzene rings is 1. The Morgan fingerprint density at radius 1 is 1.13 bits per heavy atom. The zero-order chi connectivity index (χ0) is 23.3. The summed E-state index contributed by atoms with van der Waals surface area (Å²) in [6.45, 7) is 10.1. The van der Waals surface area contributed by atoms with Crippen LogP contribution in [0, 0.1) is 19.8 Å². The van der Waals surface area contributed by atoms with Crippen molar-refractivity contribution in [1.82, 2.24) is 9.47 Å². The second-order valence-electron chi connectivity index (χ2n) is 8.05. The third-order valence-electron chi connectivity index (χ3n) is 5.37. The molecule has 0 spiro atoms. The number of halogens is 1. The Balaban J connectivity index is 2.35. The lowest BCUT2D eigenvalue weighted by atomic mass is 10.0. The van der Waals surface area contributed by atoms with Crippen LogP contribution in [-0.4, -0.2) is 46.8 Å². The van der Waals surface area contributed by atoms with E-state index in [4.69, 9.17) is 16.3 Å². The number of nitrogens with zero attached hydrogens (tertiary/aromatic N) is 2. The summed E-state index contributed by atoms with van der Waals surface area (Å²) in [5, 5.41) is 0.545. The van der Waals surface area contributed by atoms with Crippen LogP contribution >= 0.6 is 11.6 Å². The molecule has 0 atom stereocenters. The van der Waals surface area contributed by atoms with Gasteiger partial charge in [-0.25, -0.2) is 4.79 Å². The number of amides is 1. The molecule has 0 N–H and O–H groups in total. The molecule has 168 valence electrons. The van der Waals surface area contributed by atoms with Gasteiger partial charge in [-0.2, -0.15) is 0 Å². The van der Waals surface area contributed by atoms with Gasteiger partial charge in [-0.1, -0.05) is 25.4 Å². The van der Waals surface area contributed by atoms with Crippen molar-refractivity contribution in [1.29, 1.82) is 0 Å². The molecular weight excluding hydrogens is 416 g/mol. The van der Waals surface area contributed by atoms with Crippen LogP contribution in [0.15, 0.2) is 24.3 Å². The second-order valence-corrected chi connectivity index (χ2v) is 8.49. The van der Waals surface area contributed by atoms with Crippen molar-refractivity contribution in [2.24, 2.45) is 13.0 Å². The summed E-state index contributed by atoms with van der Waals surface area (Å²) in [6.07, 6.45) is 0.771. The molecule has 2 rings (SSSR count). The standard InChI is InChI=1S/C24H31ClN2O4/c1-7-31-24(30)22-16(4)21(17(5)26(22)6)20(28)14-27(13-12-15(2)3)23(29)18-8-10-19(25)11-9-18/h8-11,15H,7,12-14H2,1-6H3. The van der Waals surface area contributed by atoms with Crippen molar-refractivity contribution in [3.63, 3.8) is 0 Å². The molecule has 0 unspecified atom stereocenters. The minimum Gasteiger partial charge on any atom is -0.461 e. The lowest BCUT2D eigenvalue weighted by Crippen LogP contribution is -2.37. The Morgan fingerprint density at radius 2 is 1.74 bits per heavy atom. The van der Waals surface area contributed by atoms with Crippen molar-refractivity contribution < 1.29 is 19.1 Å². The lowest BCUT2D eigenvalue weighted by molar-refractivity contribution is 0.0514. The number of Topliss-reactive ketones (excluding diaryl/α,β-unsaturated/α-hetero) is 1. The molecule has 1 aromatic carbocycles. The van der Waals surface area contributed by atoms with Gasteiger partial charge in [-0.15, -0.1) is 0 Å². The van der Waals surface area contributed by atoms with E-state index in [0.717, 1.165) is 6.42 Å². The Hall–Kier alpha value is -2.60. The number of rotatable bonds is 9. The fourth-order valence-corrected chi connectivity index (χ4v) is 3.70. The van der Waals surface area contributed by atoms with Crippen molar-refractivity contribution in [2.75, 3.05) is 19.7 Å².